The summed E-state index contributed by atoms with van der Waals surface area (Å²) in [6.07, 6.45) is -3.28. The van der Waals surface area contributed by atoms with Crippen LogP contribution in [0.4, 0.5) is 9.59 Å². The Hall–Kier alpha value is -2.81. The van der Waals surface area contributed by atoms with Gasteiger partial charge in [0.25, 0.3) is 0 Å². The van der Waals surface area contributed by atoms with Gasteiger partial charge in [-0.2, -0.15) is 5.48 Å². The summed E-state index contributed by atoms with van der Waals surface area (Å²) in [6.45, 7) is 8.47. The van der Waals surface area contributed by atoms with Gasteiger partial charge in [-0.15, -0.1) is 0 Å². The Labute approximate surface area is 164 Å². The molecule has 1 rings (SSSR count). The van der Waals surface area contributed by atoms with Crippen LogP contribution in [0.3, 0.4) is 0 Å². The van der Waals surface area contributed by atoms with Crippen LogP contribution in [-0.2, 0) is 25.7 Å². The molecule has 0 unspecified atom stereocenters. The second-order valence-electron chi connectivity index (χ2n) is 7.46. The molecule has 0 spiro atoms. The minimum atomic E-state index is -1.54. The number of hydrogen-bond acceptors (Lipinski definition) is 6. The van der Waals surface area contributed by atoms with E-state index in [4.69, 9.17) is 14.3 Å². The Bertz CT molecular complexity index is 656. The monoisotopic (exact) mass is 396 g/mol. The molecule has 28 heavy (non-hydrogen) atoms. The first-order valence-corrected chi connectivity index (χ1v) is 8.84. The van der Waals surface area contributed by atoms with Crippen molar-refractivity contribution in [1.29, 1.82) is 0 Å². The number of carbonyl (C=O) groups is 3. The summed E-state index contributed by atoms with van der Waals surface area (Å²) in [5.74, 6) is -1.69. The van der Waals surface area contributed by atoms with Gasteiger partial charge in [-0.1, -0.05) is 44.2 Å². The van der Waals surface area contributed by atoms with Gasteiger partial charge in [-0.25, -0.2) is 14.4 Å². The molecule has 0 saturated carbocycles. The third kappa shape index (κ3) is 8.72. The minimum absolute atomic E-state index is 0.00244. The lowest BCUT2D eigenvalue weighted by Crippen LogP contribution is -2.54. The number of alkyl carbamates (subject to hydrolysis) is 1. The van der Waals surface area contributed by atoms with E-state index in [1.165, 1.54) is 0 Å². The van der Waals surface area contributed by atoms with Crippen molar-refractivity contribution in [2.45, 2.75) is 59.0 Å². The zero-order chi connectivity index (χ0) is 21.3. The van der Waals surface area contributed by atoms with E-state index < -0.39 is 35.9 Å². The molecule has 2 atom stereocenters. The number of benzene rings is 1. The molecule has 0 heterocycles. The highest BCUT2D eigenvalue weighted by atomic mass is 16.7. The zero-order valence-corrected chi connectivity index (χ0v) is 16.7. The Morgan fingerprint density at radius 1 is 1.07 bits per heavy atom. The van der Waals surface area contributed by atoms with E-state index in [2.05, 4.69) is 5.32 Å². The zero-order valence-electron chi connectivity index (χ0n) is 16.7. The van der Waals surface area contributed by atoms with Gasteiger partial charge in [0.2, 0.25) is 6.10 Å². The topological polar surface area (TPSA) is 123 Å². The fraction of sp³-hybridized carbons (Fsp3) is 0.526. The number of carboxylic acid groups (broad SMARTS) is 1. The van der Waals surface area contributed by atoms with E-state index >= 15 is 0 Å². The van der Waals surface area contributed by atoms with Gasteiger partial charge in [0, 0.05) is 0 Å². The SMILES string of the molecule is CC(C)[C@@H](NC(=O)OC(C)(C)C)[C@H](ONC(=O)OCc1ccccc1)C(=O)O. The van der Waals surface area contributed by atoms with Gasteiger partial charge < -0.3 is 19.9 Å². The van der Waals surface area contributed by atoms with Crippen molar-refractivity contribution in [3.05, 3.63) is 35.9 Å². The third-order valence-corrected chi connectivity index (χ3v) is 3.45. The molecule has 3 N–H and O–H groups in total. The second kappa shape index (κ2) is 10.5. The number of nitrogens with one attached hydrogen (secondary N) is 2. The lowest BCUT2D eigenvalue weighted by atomic mass is 9.99. The molecular weight excluding hydrogens is 368 g/mol. The fourth-order valence-electron chi connectivity index (χ4n) is 2.18. The number of aliphatic carboxylic acids is 1. The molecule has 0 aliphatic heterocycles. The summed E-state index contributed by atoms with van der Waals surface area (Å²) in [5.41, 5.74) is 1.97. The standard InChI is InChI=1S/C19H28N2O7/c1-12(2)14(20-17(24)27-19(3,4)5)15(16(22)23)28-21-18(25)26-11-13-9-7-6-8-10-13/h6-10,12,14-15H,11H2,1-5H3,(H,20,24)(H,21,25)(H,22,23)/t14-,15+/m1/s1. The average molecular weight is 396 g/mol. The maximum Gasteiger partial charge on any atom is 0.431 e. The molecule has 2 amide bonds. The summed E-state index contributed by atoms with van der Waals surface area (Å²) in [5, 5.41) is 11.9. The molecule has 0 fully saturated rings. The second-order valence-corrected chi connectivity index (χ2v) is 7.46. The van der Waals surface area contributed by atoms with Crippen molar-refractivity contribution in [2.24, 2.45) is 5.92 Å². The van der Waals surface area contributed by atoms with E-state index in [-0.39, 0.29) is 12.5 Å². The summed E-state index contributed by atoms with van der Waals surface area (Å²) < 4.78 is 10.1. The van der Waals surface area contributed by atoms with Crippen LogP contribution >= 0.6 is 0 Å². The lowest BCUT2D eigenvalue weighted by molar-refractivity contribution is -0.158. The largest absolute Gasteiger partial charge is 0.479 e. The van der Waals surface area contributed by atoms with E-state index in [1.807, 2.05) is 11.5 Å². The first kappa shape index (κ1) is 23.2. The van der Waals surface area contributed by atoms with Crippen LogP contribution in [0.15, 0.2) is 30.3 Å². The molecule has 0 aliphatic carbocycles. The van der Waals surface area contributed by atoms with E-state index in [0.717, 1.165) is 5.56 Å². The number of hydrogen-bond donors (Lipinski definition) is 3. The summed E-state index contributed by atoms with van der Waals surface area (Å²) >= 11 is 0. The van der Waals surface area contributed by atoms with Crippen LogP contribution in [0.1, 0.15) is 40.2 Å². The van der Waals surface area contributed by atoms with Crippen LogP contribution in [0, 0.1) is 5.92 Å². The molecule has 0 saturated heterocycles. The molecule has 9 heteroatoms. The van der Waals surface area contributed by atoms with Crippen LogP contribution in [0.2, 0.25) is 0 Å². The molecule has 0 radical (unpaired) electrons. The molecule has 1 aromatic rings. The van der Waals surface area contributed by atoms with E-state index in [0.29, 0.717) is 0 Å². The van der Waals surface area contributed by atoms with Crippen molar-refractivity contribution in [1.82, 2.24) is 10.8 Å². The quantitative estimate of drug-likeness (QED) is 0.577. The summed E-state index contributed by atoms with van der Waals surface area (Å²) in [7, 11) is 0. The number of hydroxylamine groups is 1. The number of rotatable bonds is 8. The smallest absolute Gasteiger partial charge is 0.431 e. The normalized spacial score (nSPS) is 13.4. The first-order chi connectivity index (χ1) is 13.0. The number of amides is 2. The predicted octanol–water partition coefficient (Wildman–Crippen LogP) is 2.85. The van der Waals surface area contributed by atoms with Gasteiger partial charge >= 0.3 is 18.2 Å². The van der Waals surface area contributed by atoms with Crippen molar-refractivity contribution < 1.29 is 33.8 Å². The van der Waals surface area contributed by atoms with Crippen LogP contribution in [0.5, 0.6) is 0 Å². The van der Waals surface area contributed by atoms with Gasteiger partial charge in [0.15, 0.2) is 0 Å². The highest BCUT2D eigenvalue weighted by Crippen LogP contribution is 2.13. The summed E-state index contributed by atoms with van der Waals surface area (Å²) in [6, 6.07) is 8.00. The molecular formula is C19H28N2O7. The third-order valence-electron chi connectivity index (χ3n) is 3.45. The summed E-state index contributed by atoms with van der Waals surface area (Å²) in [4.78, 5) is 40.4. The van der Waals surface area contributed by atoms with Gasteiger partial charge in [0.1, 0.15) is 12.2 Å². The van der Waals surface area contributed by atoms with Crippen molar-refractivity contribution in [3.63, 3.8) is 0 Å². The van der Waals surface area contributed by atoms with Crippen LogP contribution in [0.25, 0.3) is 0 Å². The first-order valence-electron chi connectivity index (χ1n) is 8.84. The van der Waals surface area contributed by atoms with Gasteiger partial charge in [0.05, 0.1) is 6.04 Å². The predicted molar refractivity (Wildman–Crippen MR) is 100 cm³/mol. The maximum atomic E-state index is 12.0. The Balaban J connectivity index is 2.65. The average Bonchev–Trinajstić information content (AvgIpc) is 2.58. The van der Waals surface area contributed by atoms with Crippen LogP contribution in [-0.4, -0.2) is 41.0 Å². The molecule has 0 aliphatic rings. The number of carbonyl (C=O) groups excluding carboxylic acids is 2. The van der Waals surface area contributed by atoms with E-state index in [9.17, 15) is 19.5 Å². The lowest BCUT2D eigenvalue weighted by Gasteiger charge is -2.29. The molecule has 0 bridgehead atoms. The number of carboxylic acids is 1. The molecule has 156 valence electrons. The van der Waals surface area contributed by atoms with E-state index in [1.54, 1.807) is 58.9 Å². The Morgan fingerprint density at radius 3 is 2.18 bits per heavy atom. The Kier molecular flexibility index (Phi) is 8.72. The highest BCUT2D eigenvalue weighted by molar-refractivity contribution is 5.76. The van der Waals surface area contributed by atoms with Crippen molar-refractivity contribution in [2.75, 3.05) is 0 Å². The molecule has 9 nitrogen and oxygen atoms in total. The van der Waals surface area contributed by atoms with Gasteiger partial charge in [-0.05, 0) is 32.3 Å². The van der Waals surface area contributed by atoms with Crippen LogP contribution < -0.4 is 10.8 Å². The Morgan fingerprint density at radius 2 is 1.68 bits per heavy atom. The van der Waals surface area contributed by atoms with Gasteiger partial charge in [-0.3, -0.25) is 4.84 Å². The van der Waals surface area contributed by atoms with Crippen molar-refractivity contribution in [3.8, 4) is 0 Å². The number of ether oxygens (including phenoxy) is 2. The molecule has 1 aromatic carbocycles. The highest BCUT2D eigenvalue weighted by Gasteiger charge is 2.35. The fourth-order valence-corrected chi connectivity index (χ4v) is 2.18. The molecule has 0 aromatic heterocycles. The minimum Gasteiger partial charge on any atom is -0.479 e. The maximum absolute atomic E-state index is 12.0. The van der Waals surface area contributed by atoms with Crippen molar-refractivity contribution >= 4 is 18.2 Å².